The van der Waals surface area contributed by atoms with E-state index in [-0.39, 0.29) is 11.5 Å². The van der Waals surface area contributed by atoms with E-state index in [1.165, 1.54) is 22.7 Å². The second kappa shape index (κ2) is 10.8. The van der Waals surface area contributed by atoms with Gasteiger partial charge in [-0.3, -0.25) is 4.79 Å². The lowest BCUT2D eigenvalue weighted by Crippen LogP contribution is -2.37. The highest BCUT2D eigenvalue weighted by Gasteiger charge is 2.26. The summed E-state index contributed by atoms with van der Waals surface area (Å²) in [6.45, 7) is 3.12. The third-order valence-corrected chi connectivity index (χ3v) is 8.43. The Labute approximate surface area is 211 Å². The molecule has 1 fully saturated rings. The van der Waals surface area contributed by atoms with Gasteiger partial charge < -0.3 is 5.21 Å². The molecule has 2 heterocycles. The Morgan fingerprint density at radius 2 is 1.78 bits per heavy atom. The molecule has 0 saturated carbocycles. The van der Waals surface area contributed by atoms with E-state index >= 15 is 0 Å². The number of oxime groups is 1. The van der Waals surface area contributed by atoms with Crippen LogP contribution in [0.1, 0.15) is 58.9 Å². The molecule has 36 heavy (non-hydrogen) atoms. The number of hydrogen-bond acceptors (Lipinski definition) is 6. The van der Waals surface area contributed by atoms with Crippen LogP contribution in [0.2, 0.25) is 0 Å². The minimum absolute atomic E-state index is 0.129. The number of rotatable bonds is 7. The van der Waals surface area contributed by atoms with Gasteiger partial charge in [-0.25, -0.2) is 17.4 Å². The summed E-state index contributed by atoms with van der Waals surface area (Å²) in [6, 6.07) is 18.1. The molecule has 2 aromatic carbocycles. The third kappa shape index (κ3) is 5.57. The number of benzene rings is 2. The number of nitrogens with zero attached hydrogens (tertiary/aromatic N) is 4. The highest BCUT2D eigenvalue weighted by atomic mass is 32.2. The second-order valence-corrected chi connectivity index (χ2v) is 11.4. The molecule has 9 heteroatoms. The summed E-state index contributed by atoms with van der Waals surface area (Å²) in [7, 11) is -1.58. The summed E-state index contributed by atoms with van der Waals surface area (Å²) >= 11 is 0. The summed E-state index contributed by atoms with van der Waals surface area (Å²) in [5, 5.41) is 17.4. The first-order valence-corrected chi connectivity index (χ1v) is 13.9. The van der Waals surface area contributed by atoms with Gasteiger partial charge >= 0.3 is 0 Å². The molecule has 1 saturated heterocycles. The number of aryl methyl sites for hydroxylation is 2. The number of hydrogen-bond donors (Lipinski definition) is 1. The van der Waals surface area contributed by atoms with Gasteiger partial charge in [0, 0.05) is 38.7 Å². The van der Waals surface area contributed by atoms with E-state index in [2.05, 4.69) is 40.6 Å². The van der Waals surface area contributed by atoms with E-state index in [0.717, 1.165) is 29.5 Å². The van der Waals surface area contributed by atoms with Crippen molar-refractivity contribution >= 4 is 15.7 Å². The summed E-state index contributed by atoms with van der Waals surface area (Å²) in [4.78, 5) is 12.7. The lowest BCUT2D eigenvalue weighted by Gasteiger charge is -2.30. The molecule has 0 bridgehead atoms. The summed E-state index contributed by atoms with van der Waals surface area (Å²) < 4.78 is 26.5. The molecular formula is C27H32N4O4S. The maximum Gasteiger partial charge on any atom is 0.275 e. The monoisotopic (exact) mass is 508 g/mol. The number of piperidine rings is 1. The Morgan fingerprint density at radius 3 is 2.39 bits per heavy atom. The van der Waals surface area contributed by atoms with Crippen molar-refractivity contribution < 1.29 is 13.6 Å². The topological polar surface area (TPSA) is 105 Å². The standard InChI is InChI=1S/C27H32N4O4S/c1-19-6-4-5-7-23(19)25(18-26(29-33)24-12-15-28-30(2)27(24)32)22-10-8-20(9-11-22)21-13-16-31(17-14-21)36(3,34)35/h4-12,15,21,25,33H,13-14,16-18H2,1-3H3/b29-26-/t25-/m1/s1. The van der Waals surface area contributed by atoms with Crippen molar-refractivity contribution in [3.8, 4) is 0 Å². The predicted molar refractivity (Wildman–Crippen MR) is 140 cm³/mol. The minimum Gasteiger partial charge on any atom is -0.411 e. The van der Waals surface area contributed by atoms with Crippen LogP contribution in [-0.2, 0) is 17.1 Å². The van der Waals surface area contributed by atoms with Gasteiger partial charge in [0.15, 0.2) is 0 Å². The van der Waals surface area contributed by atoms with Crippen LogP contribution < -0.4 is 5.56 Å². The van der Waals surface area contributed by atoms with Crippen LogP contribution in [-0.4, -0.2) is 52.8 Å². The SMILES string of the molecule is Cc1ccccc1[C@H](C/C(=N/O)c1ccnn(C)c1=O)c1ccc(C2CCN(S(C)(=O)=O)CC2)cc1. The molecule has 4 rings (SSSR count). The zero-order valence-corrected chi connectivity index (χ0v) is 21.6. The molecule has 1 aliphatic heterocycles. The van der Waals surface area contributed by atoms with Crippen molar-refractivity contribution in [2.75, 3.05) is 19.3 Å². The Kier molecular flexibility index (Phi) is 7.70. The zero-order valence-electron chi connectivity index (χ0n) is 20.8. The second-order valence-electron chi connectivity index (χ2n) is 9.44. The molecule has 0 unspecified atom stereocenters. The lowest BCUT2D eigenvalue weighted by molar-refractivity contribution is 0.317. The van der Waals surface area contributed by atoms with Crippen molar-refractivity contribution in [2.45, 2.75) is 38.0 Å². The van der Waals surface area contributed by atoms with Gasteiger partial charge in [0.25, 0.3) is 5.56 Å². The molecule has 0 spiro atoms. The fourth-order valence-electron chi connectivity index (χ4n) is 5.03. The van der Waals surface area contributed by atoms with Crippen LogP contribution in [0.3, 0.4) is 0 Å². The normalized spacial score (nSPS) is 16.7. The molecule has 1 aromatic heterocycles. The van der Waals surface area contributed by atoms with Crippen LogP contribution in [0.15, 0.2) is 70.7 Å². The maximum absolute atomic E-state index is 12.7. The highest BCUT2D eigenvalue weighted by molar-refractivity contribution is 7.88. The fraction of sp³-hybridized carbons (Fsp3) is 0.370. The van der Waals surface area contributed by atoms with E-state index < -0.39 is 10.0 Å². The third-order valence-electron chi connectivity index (χ3n) is 7.13. The van der Waals surface area contributed by atoms with Gasteiger partial charge in [0.2, 0.25) is 10.0 Å². The Morgan fingerprint density at radius 1 is 1.11 bits per heavy atom. The molecule has 0 amide bonds. The Bertz CT molecular complexity index is 1410. The fourth-order valence-corrected chi connectivity index (χ4v) is 5.90. The average molecular weight is 509 g/mol. The van der Waals surface area contributed by atoms with Gasteiger partial charge in [0.1, 0.15) is 0 Å². The molecule has 0 aliphatic carbocycles. The quantitative estimate of drug-likeness (QED) is 0.298. The molecule has 190 valence electrons. The van der Waals surface area contributed by atoms with Crippen molar-refractivity contribution in [1.82, 2.24) is 14.1 Å². The lowest BCUT2D eigenvalue weighted by atomic mass is 9.82. The zero-order chi connectivity index (χ0) is 25.9. The summed E-state index contributed by atoms with van der Waals surface area (Å²) in [5.74, 6) is 0.180. The number of aromatic nitrogens is 2. The molecule has 1 aliphatic rings. The molecule has 1 N–H and O–H groups in total. The van der Waals surface area contributed by atoms with E-state index in [9.17, 15) is 18.4 Å². The smallest absolute Gasteiger partial charge is 0.275 e. The number of sulfonamides is 1. The van der Waals surface area contributed by atoms with Crippen molar-refractivity contribution in [1.29, 1.82) is 0 Å². The first-order valence-electron chi connectivity index (χ1n) is 12.0. The van der Waals surface area contributed by atoms with Gasteiger partial charge in [0.05, 0.1) is 17.5 Å². The maximum atomic E-state index is 12.7. The molecular weight excluding hydrogens is 476 g/mol. The van der Waals surface area contributed by atoms with E-state index in [0.29, 0.717) is 36.7 Å². The van der Waals surface area contributed by atoms with Crippen LogP contribution in [0, 0.1) is 6.92 Å². The molecule has 8 nitrogen and oxygen atoms in total. The predicted octanol–water partition coefficient (Wildman–Crippen LogP) is 3.63. The summed E-state index contributed by atoms with van der Waals surface area (Å²) in [6.07, 6.45) is 4.71. The van der Waals surface area contributed by atoms with Crippen molar-refractivity contribution in [2.24, 2.45) is 12.2 Å². The van der Waals surface area contributed by atoms with E-state index in [1.54, 1.807) is 17.4 Å². The molecule has 1 atom stereocenters. The first-order chi connectivity index (χ1) is 17.2. The van der Waals surface area contributed by atoms with Gasteiger partial charge in [-0.05, 0) is 54.0 Å². The largest absolute Gasteiger partial charge is 0.411 e. The Balaban J connectivity index is 1.63. The van der Waals surface area contributed by atoms with Crippen LogP contribution in [0.4, 0.5) is 0 Å². The Hall–Kier alpha value is -3.30. The van der Waals surface area contributed by atoms with Gasteiger partial charge in [-0.1, -0.05) is 53.7 Å². The summed E-state index contributed by atoms with van der Waals surface area (Å²) in [5.41, 5.74) is 4.76. The average Bonchev–Trinajstić information content (AvgIpc) is 2.87. The van der Waals surface area contributed by atoms with E-state index in [4.69, 9.17) is 0 Å². The molecule has 3 aromatic rings. The highest BCUT2D eigenvalue weighted by Crippen LogP contribution is 2.34. The van der Waals surface area contributed by atoms with E-state index in [1.807, 2.05) is 25.1 Å². The van der Waals surface area contributed by atoms with Crippen LogP contribution in [0.5, 0.6) is 0 Å². The van der Waals surface area contributed by atoms with Crippen molar-refractivity contribution in [3.05, 3.63) is 99.0 Å². The van der Waals surface area contributed by atoms with Gasteiger partial charge in [-0.2, -0.15) is 5.10 Å². The minimum atomic E-state index is -3.15. The van der Waals surface area contributed by atoms with Crippen LogP contribution >= 0.6 is 0 Å². The molecule has 0 radical (unpaired) electrons. The van der Waals surface area contributed by atoms with Crippen molar-refractivity contribution in [3.63, 3.8) is 0 Å². The van der Waals surface area contributed by atoms with Crippen LogP contribution in [0.25, 0.3) is 0 Å². The van der Waals surface area contributed by atoms with Gasteiger partial charge in [-0.15, -0.1) is 0 Å². The first kappa shape index (κ1) is 25.8.